The first-order valence-corrected chi connectivity index (χ1v) is 17.2. The SMILES string of the molecule is Cc1ccc(S(=O)(=O)n2cc(-c3cnn(Cc4cccc(F)c4)c3)c3cc(-c4cnc(N5CCN(CC(C)O)CC5)cn4)cnc32)cc1. The highest BCUT2D eigenvalue weighted by Crippen LogP contribution is 2.34. The molecule has 0 bridgehead atoms. The Kier molecular flexibility index (Phi) is 8.50. The van der Waals surface area contributed by atoms with Gasteiger partial charge in [0.2, 0.25) is 0 Å². The standard InChI is InChI=1S/C35H35FN8O3S/c1-24-6-8-30(9-7-24)48(46,47)44-23-32(28-17-40-43(22-28)21-26-4-3-5-29(36)14-26)31-15-27(16-39-35(31)44)33-18-38-34(19-37-33)42-12-10-41(11-13-42)20-25(2)45/h3-9,14-19,22-23,25,45H,10-13,20-21H2,1-2H3. The van der Waals surface area contributed by atoms with E-state index in [1.807, 2.05) is 25.3 Å². The van der Waals surface area contributed by atoms with Gasteiger partial charge in [-0.15, -0.1) is 0 Å². The van der Waals surface area contributed by atoms with E-state index < -0.39 is 10.0 Å². The van der Waals surface area contributed by atoms with E-state index >= 15 is 0 Å². The average Bonchev–Trinajstić information content (AvgIpc) is 3.70. The maximum atomic E-state index is 13.9. The number of rotatable bonds is 9. The molecule has 0 aliphatic carbocycles. The van der Waals surface area contributed by atoms with Gasteiger partial charge in [0.15, 0.2) is 5.65 Å². The lowest BCUT2D eigenvalue weighted by Gasteiger charge is -2.35. The fraction of sp³-hybridized carbons (Fsp3) is 0.257. The van der Waals surface area contributed by atoms with Crippen LogP contribution in [0.3, 0.4) is 0 Å². The van der Waals surface area contributed by atoms with E-state index in [4.69, 9.17) is 9.97 Å². The molecule has 6 aromatic rings. The van der Waals surface area contributed by atoms with Gasteiger partial charge in [-0.25, -0.2) is 26.7 Å². The zero-order valence-electron chi connectivity index (χ0n) is 26.6. The van der Waals surface area contributed by atoms with Gasteiger partial charge in [-0.05, 0) is 49.7 Å². The molecule has 11 nitrogen and oxygen atoms in total. The second-order valence-electron chi connectivity index (χ2n) is 12.2. The predicted molar refractivity (Wildman–Crippen MR) is 182 cm³/mol. The fourth-order valence-electron chi connectivity index (χ4n) is 6.03. The smallest absolute Gasteiger partial charge is 0.269 e. The molecule has 1 fully saturated rings. The fourth-order valence-corrected chi connectivity index (χ4v) is 7.36. The van der Waals surface area contributed by atoms with Gasteiger partial charge < -0.3 is 10.0 Å². The van der Waals surface area contributed by atoms with E-state index in [1.54, 1.807) is 72.9 Å². The summed E-state index contributed by atoms with van der Waals surface area (Å²) in [7, 11) is -3.99. The highest BCUT2D eigenvalue weighted by Gasteiger charge is 2.25. The monoisotopic (exact) mass is 666 g/mol. The lowest BCUT2D eigenvalue weighted by atomic mass is 10.1. The second-order valence-corrected chi connectivity index (χ2v) is 14.0. The summed E-state index contributed by atoms with van der Waals surface area (Å²) < 4.78 is 44.6. The number of nitrogens with zero attached hydrogens (tertiary/aromatic N) is 8. The molecule has 0 amide bonds. The number of pyridine rings is 1. The molecule has 48 heavy (non-hydrogen) atoms. The van der Waals surface area contributed by atoms with Crippen LogP contribution in [0.5, 0.6) is 0 Å². The first kappa shape index (κ1) is 31.6. The molecule has 1 aliphatic rings. The maximum absolute atomic E-state index is 13.9. The Morgan fingerprint density at radius 1 is 0.896 bits per heavy atom. The minimum atomic E-state index is -3.99. The van der Waals surface area contributed by atoms with Crippen molar-refractivity contribution in [2.75, 3.05) is 37.6 Å². The van der Waals surface area contributed by atoms with Gasteiger partial charge in [-0.2, -0.15) is 5.10 Å². The van der Waals surface area contributed by atoms with Crippen LogP contribution < -0.4 is 4.90 Å². The van der Waals surface area contributed by atoms with Crippen molar-refractivity contribution in [3.8, 4) is 22.4 Å². The van der Waals surface area contributed by atoms with E-state index in [0.717, 1.165) is 43.1 Å². The van der Waals surface area contributed by atoms with Crippen molar-refractivity contribution in [2.24, 2.45) is 0 Å². The van der Waals surface area contributed by atoms with Crippen LogP contribution in [0, 0.1) is 12.7 Å². The van der Waals surface area contributed by atoms with Crippen molar-refractivity contribution in [1.29, 1.82) is 0 Å². The molecule has 0 spiro atoms. The Balaban J connectivity index is 1.24. The molecule has 1 atom stereocenters. The molecule has 4 aromatic heterocycles. The summed E-state index contributed by atoms with van der Waals surface area (Å²) in [5, 5.41) is 14.8. The molecule has 0 saturated carbocycles. The zero-order chi connectivity index (χ0) is 33.4. The van der Waals surface area contributed by atoms with Gasteiger partial charge in [0.1, 0.15) is 11.6 Å². The zero-order valence-corrected chi connectivity index (χ0v) is 27.4. The number of anilines is 1. The largest absolute Gasteiger partial charge is 0.392 e. The summed E-state index contributed by atoms with van der Waals surface area (Å²) in [6.07, 6.45) is 9.75. The van der Waals surface area contributed by atoms with Crippen molar-refractivity contribution in [2.45, 2.75) is 31.4 Å². The van der Waals surface area contributed by atoms with Crippen LogP contribution in [-0.4, -0.2) is 86.0 Å². The normalized spacial score (nSPS) is 14.9. The van der Waals surface area contributed by atoms with Crippen LogP contribution in [-0.2, 0) is 16.6 Å². The summed E-state index contributed by atoms with van der Waals surface area (Å²) in [5.74, 6) is 0.445. The third-order valence-corrected chi connectivity index (χ3v) is 10.2. The minimum absolute atomic E-state index is 0.150. The van der Waals surface area contributed by atoms with E-state index in [0.29, 0.717) is 40.9 Å². The van der Waals surface area contributed by atoms with Crippen LogP contribution in [0.25, 0.3) is 33.4 Å². The molecular weight excluding hydrogens is 632 g/mol. The van der Waals surface area contributed by atoms with Crippen molar-refractivity contribution >= 4 is 26.9 Å². The summed E-state index contributed by atoms with van der Waals surface area (Å²) in [5.41, 5.74) is 4.56. The van der Waals surface area contributed by atoms with Crippen molar-refractivity contribution in [1.82, 2.24) is 33.6 Å². The van der Waals surface area contributed by atoms with E-state index in [-0.39, 0.29) is 22.5 Å². The number of aliphatic hydroxyl groups excluding tert-OH is 1. The number of β-amino-alcohol motifs (C(OH)–C–C–N with tert-alkyl or cyclic N) is 1. The number of hydrogen-bond acceptors (Lipinski definition) is 9. The number of piperazine rings is 1. The number of halogens is 1. The highest BCUT2D eigenvalue weighted by atomic mass is 32.2. The molecule has 246 valence electrons. The lowest BCUT2D eigenvalue weighted by Crippen LogP contribution is -2.48. The Labute approximate surface area is 278 Å². The number of aryl methyl sites for hydroxylation is 1. The van der Waals surface area contributed by atoms with Crippen LogP contribution in [0.4, 0.5) is 10.2 Å². The number of fused-ring (bicyclic) bond motifs is 1. The van der Waals surface area contributed by atoms with Gasteiger partial charge in [-0.3, -0.25) is 14.6 Å². The molecule has 1 N–H and O–H groups in total. The van der Waals surface area contributed by atoms with Gasteiger partial charge in [0, 0.05) is 73.4 Å². The Morgan fingerprint density at radius 2 is 1.69 bits per heavy atom. The molecule has 5 heterocycles. The van der Waals surface area contributed by atoms with E-state index in [2.05, 4.69) is 19.9 Å². The maximum Gasteiger partial charge on any atom is 0.269 e. The number of benzene rings is 2. The third kappa shape index (κ3) is 6.44. The van der Waals surface area contributed by atoms with Gasteiger partial charge >= 0.3 is 0 Å². The summed E-state index contributed by atoms with van der Waals surface area (Å²) >= 11 is 0. The lowest BCUT2D eigenvalue weighted by molar-refractivity contribution is 0.122. The van der Waals surface area contributed by atoms with Gasteiger partial charge in [-0.1, -0.05) is 29.8 Å². The number of aromatic nitrogens is 6. The molecular formula is C35H35FN8O3S. The summed E-state index contributed by atoms with van der Waals surface area (Å²) in [4.78, 5) is 18.6. The molecule has 0 radical (unpaired) electrons. The average molecular weight is 667 g/mol. The quantitative estimate of drug-likeness (QED) is 0.236. The van der Waals surface area contributed by atoms with Crippen molar-refractivity contribution in [3.05, 3.63) is 109 Å². The Morgan fingerprint density at radius 3 is 2.40 bits per heavy atom. The molecule has 7 rings (SSSR count). The molecule has 13 heteroatoms. The van der Waals surface area contributed by atoms with Crippen LogP contribution in [0.1, 0.15) is 18.1 Å². The molecule has 1 aliphatic heterocycles. The number of hydrogen-bond donors (Lipinski definition) is 1. The first-order valence-electron chi connectivity index (χ1n) is 15.7. The van der Waals surface area contributed by atoms with Crippen LogP contribution in [0.2, 0.25) is 0 Å². The minimum Gasteiger partial charge on any atom is -0.392 e. The second kappa shape index (κ2) is 12.9. The van der Waals surface area contributed by atoms with Crippen molar-refractivity contribution in [3.63, 3.8) is 0 Å². The Hall–Kier alpha value is -4.98. The van der Waals surface area contributed by atoms with Crippen molar-refractivity contribution < 1.29 is 17.9 Å². The summed E-state index contributed by atoms with van der Waals surface area (Å²) in [6.45, 7) is 7.93. The molecule has 1 saturated heterocycles. The van der Waals surface area contributed by atoms with E-state index in [1.165, 1.54) is 16.1 Å². The van der Waals surface area contributed by atoms with Gasteiger partial charge in [0.25, 0.3) is 10.0 Å². The van der Waals surface area contributed by atoms with Gasteiger partial charge in [0.05, 0.1) is 41.8 Å². The number of aliphatic hydroxyl groups is 1. The topological polar surface area (TPSA) is 122 Å². The molecule has 1 unspecified atom stereocenters. The van der Waals surface area contributed by atoms with Crippen LogP contribution >= 0.6 is 0 Å². The third-order valence-electron chi connectivity index (χ3n) is 8.52. The predicted octanol–water partition coefficient (Wildman–Crippen LogP) is 4.59. The Bertz CT molecular complexity index is 2170. The first-order chi connectivity index (χ1) is 23.1. The molecule has 2 aromatic carbocycles. The van der Waals surface area contributed by atoms with Crippen LogP contribution in [0.15, 0.2) is 96.7 Å². The highest BCUT2D eigenvalue weighted by molar-refractivity contribution is 7.90. The summed E-state index contributed by atoms with van der Waals surface area (Å²) in [6, 6.07) is 14.9. The van der Waals surface area contributed by atoms with E-state index in [9.17, 15) is 17.9 Å².